The number of aromatic nitrogens is 2. The zero-order chi connectivity index (χ0) is 15.9. The number of benzene rings is 1. The topological polar surface area (TPSA) is 29.3 Å². The van der Waals surface area contributed by atoms with Crippen molar-refractivity contribution in [2.24, 2.45) is 0 Å². The summed E-state index contributed by atoms with van der Waals surface area (Å²) in [6.07, 6.45) is 1.83. The highest BCUT2D eigenvalue weighted by atomic mass is 35.5. The van der Waals surface area contributed by atoms with Crippen molar-refractivity contribution in [2.75, 3.05) is 5.32 Å². The van der Waals surface area contributed by atoms with E-state index in [0.717, 1.165) is 17.1 Å². The van der Waals surface area contributed by atoms with Gasteiger partial charge < -0.3 is 5.32 Å². The molecule has 0 amide bonds. The highest BCUT2D eigenvalue weighted by Gasteiger charge is 2.20. The Balaban J connectivity index is 2.31. The predicted octanol–water partition coefficient (Wildman–Crippen LogP) is 5.52. The fraction of sp³-hybridized carbons (Fsp3) is 0.235. The summed E-state index contributed by atoms with van der Waals surface area (Å²) >= 11 is 12.5. The van der Waals surface area contributed by atoms with Crippen molar-refractivity contribution >= 4 is 34.7 Å². The fourth-order valence-corrected chi connectivity index (χ4v) is 2.86. The maximum atomic E-state index is 6.31. The molecule has 1 aromatic carbocycles. The summed E-state index contributed by atoms with van der Waals surface area (Å²) < 4.78 is 1.91. The van der Waals surface area contributed by atoms with Crippen molar-refractivity contribution in [3.63, 3.8) is 0 Å². The van der Waals surface area contributed by atoms with Crippen molar-refractivity contribution in [2.45, 2.75) is 26.3 Å². The third-order valence-corrected chi connectivity index (χ3v) is 3.67. The van der Waals surface area contributed by atoms with Crippen molar-refractivity contribution in [1.29, 1.82) is 0 Å². The molecule has 0 unspecified atom stereocenters. The molecule has 3 aromatic rings. The first-order valence-electron chi connectivity index (χ1n) is 7.06. The number of hydrogen-bond donors (Lipinski definition) is 1. The van der Waals surface area contributed by atoms with Gasteiger partial charge in [-0.2, -0.15) is 0 Å². The maximum Gasteiger partial charge on any atom is 0.158 e. The molecule has 0 atom stereocenters. The average molecular weight is 334 g/mol. The van der Waals surface area contributed by atoms with E-state index >= 15 is 0 Å². The number of rotatable bonds is 2. The molecule has 2 aromatic heterocycles. The Morgan fingerprint density at radius 3 is 2.41 bits per heavy atom. The third kappa shape index (κ3) is 2.92. The Hall–Kier alpha value is -1.71. The molecule has 3 rings (SSSR count). The summed E-state index contributed by atoms with van der Waals surface area (Å²) in [4.78, 5) is 4.72. The van der Waals surface area contributed by atoms with Crippen LogP contribution in [-0.4, -0.2) is 14.9 Å². The normalized spacial score (nSPS) is 11.9. The summed E-state index contributed by atoms with van der Waals surface area (Å²) in [5.74, 6) is 0.887. The molecule has 0 radical (unpaired) electrons. The van der Waals surface area contributed by atoms with Crippen LogP contribution in [0.2, 0.25) is 10.0 Å². The van der Waals surface area contributed by atoms with Gasteiger partial charge in [0.2, 0.25) is 0 Å². The number of nitrogens with one attached hydrogen (secondary N) is 1. The Bertz CT molecular complexity index is 817. The summed E-state index contributed by atoms with van der Waals surface area (Å²) in [6, 6.07) is 11.8. The molecule has 22 heavy (non-hydrogen) atoms. The molecule has 0 saturated heterocycles. The molecule has 0 bridgehead atoms. The lowest BCUT2D eigenvalue weighted by atomic mass is 10.1. The van der Waals surface area contributed by atoms with Gasteiger partial charge in [0.25, 0.3) is 0 Å². The summed E-state index contributed by atoms with van der Waals surface area (Å²) in [5, 5.41) is 4.62. The lowest BCUT2D eigenvalue weighted by Gasteiger charge is -2.22. The Morgan fingerprint density at radius 2 is 1.77 bits per heavy atom. The molecular formula is C17H17Cl2N3. The van der Waals surface area contributed by atoms with Crippen LogP contribution in [0.5, 0.6) is 0 Å². The number of fused-ring (bicyclic) bond motifs is 1. The van der Waals surface area contributed by atoms with E-state index in [0.29, 0.717) is 15.7 Å². The zero-order valence-corrected chi connectivity index (χ0v) is 14.2. The summed E-state index contributed by atoms with van der Waals surface area (Å²) in [5.41, 5.74) is 2.47. The second-order valence-corrected chi connectivity index (χ2v) is 7.09. The predicted molar refractivity (Wildman–Crippen MR) is 94.0 cm³/mol. The second kappa shape index (κ2) is 5.49. The first-order chi connectivity index (χ1) is 10.3. The van der Waals surface area contributed by atoms with Crippen LogP contribution in [0.4, 0.5) is 5.82 Å². The lowest BCUT2D eigenvalue weighted by molar-refractivity contribution is 0.629. The number of pyridine rings is 1. The maximum absolute atomic E-state index is 6.31. The van der Waals surface area contributed by atoms with Gasteiger partial charge in [-0.3, -0.25) is 4.40 Å². The molecule has 0 aliphatic carbocycles. The van der Waals surface area contributed by atoms with Crippen LogP contribution in [0.1, 0.15) is 20.8 Å². The standard InChI is InChI=1S/C17H17Cl2N3/c1-17(2,3)21-16-14(11-7-5-4-6-8-11)20-15-13(19)9-12(18)10-22(15)16/h4-10,21H,1-3H3. The first-order valence-corrected chi connectivity index (χ1v) is 7.81. The number of halogens is 2. The molecule has 0 saturated carbocycles. The summed E-state index contributed by atoms with van der Waals surface area (Å²) in [6.45, 7) is 6.31. The molecule has 0 aliphatic heterocycles. The van der Waals surface area contributed by atoms with E-state index in [-0.39, 0.29) is 5.54 Å². The second-order valence-electron chi connectivity index (χ2n) is 6.25. The molecule has 114 valence electrons. The molecule has 1 N–H and O–H groups in total. The van der Waals surface area contributed by atoms with Gasteiger partial charge in [0, 0.05) is 17.3 Å². The van der Waals surface area contributed by atoms with Crippen LogP contribution in [0.15, 0.2) is 42.6 Å². The molecule has 0 fully saturated rings. The van der Waals surface area contributed by atoms with E-state index in [1.54, 1.807) is 6.07 Å². The van der Waals surface area contributed by atoms with Crippen LogP contribution in [0, 0.1) is 0 Å². The SMILES string of the molecule is CC(C)(C)Nc1c(-c2ccccc2)nc2c(Cl)cc(Cl)cn12. The minimum atomic E-state index is -0.117. The lowest BCUT2D eigenvalue weighted by Crippen LogP contribution is -2.27. The molecule has 3 nitrogen and oxygen atoms in total. The zero-order valence-electron chi connectivity index (χ0n) is 12.7. The van der Waals surface area contributed by atoms with Gasteiger partial charge in [0.1, 0.15) is 11.5 Å². The smallest absolute Gasteiger partial charge is 0.158 e. The highest BCUT2D eigenvalue weighted by molar-refractivity contribution is 6.36. The van der Waals surface area contributed by atoms with Crippen LogP contribution < -0.4 is 5.32 Å². The minimum Gasteiger partial charge on any atom is -0.365 e. The van der Waals surface area contributed by atoms with E-state index in [2.05, 4.69) is 26.1 Å². The summed E-state index contributed by atoms with van der Waals surface area (Å²) in [7, 11) is 0. The number of anilines is 1. The van der Waals surface area contributed by atoms with E-state index in [9.17, 15) is 0 Å². The monoisotopic (exact) mass is 333 g/mol. The van der Waals surface area contributed by atoms with E-state index in [1.165, 1.54) is 0 Å². The van der Waals surface area contributed by atoms with E-state index in [4.69, 9.17) is 28.2 Å². The van der Waals surface area contributed by atoms with Crippen LogP contribution in [0.25, 0.3) is 16.9 Å². The number of nitrogens with zero attached hydrogens (tertiary/aromatic N) is 2. The van der Waals surface area contributed by atoms with Gasteiger partial charge in [-0.15, -0.1) is 0 Å². The van der Waals surface area contributed by atoms with Gasteiger partial charge in [0.15, 0.2) is 5.65 Å². The van der Waals surface area contributed by atoms with Gasteiger partial charge in [0.05, 0.1) is 10.0 Å². The van der Waals surface area contributed by atoms with Crippen LogP contribution in [0.3, 0.4) is 0 Å². The van der Waals surface area contributed by atoms with Gasteiger partial charge >= 0.3 is 0 Å². The van der Waals surface area contributed by atoms with Crippen molar-refractivity contribution < 1.29 is 0 Å². The van der Waals surface area contributed by atoms with Crippen LogP contribution >= 0.6 is 23.2 Å². The van der Waals surface area contributed by atoms with Crippen molar-refractivity contribution in [1.82, 2.24) is 9.38 Å². The van der Waals surface area contributed by atoms with Gasteiger partial charge in [-0.05, 0) is 26.8 Å². The number of hydrogen-bond acceptors (Lipinski definition) is 2. The molecule has 5 heteroatoms. The Kier molecular flexibility index (Phi) is 3.79. The molecular weight excluding hydrogens is 317 g/mol. The molecule has 0 spiro atoms. The fourth-order valence-electron chi connectivity index (χ4n) is 2.35. The number of imidazole rings is 1. The molecule has 2 heterocycles. The quantitative estimate of drug-likeness (QED) is 0.669. The highest BCUT2D eigenvalue weighted by Crippen LogP contribution is 2.34. The minimum absolute atomic E-state index is 0.117. The molecule has 0 aliphatic rings. The van der Waals surface area contributed by atoms with E-state index < -0.39 is 0 Å². The van der Waals surface area contributed by atoms with Gasteiger partial charge in [-0.25, -0.2) is 4.98 Å². The first kappa shape index (κ1) is 15.2. The van der Waals surface area contributed by atoms with Crippen molar-refractivity contribution in [3.8, 4) is 11.3 Å². The Labute approximate surface area is 139 Å². The van der Waals surface area contributed by atoms with Crippen LogP contribution in [-0.2, 0) is 0 Å². The van der Waals surface area contributed by atoms with E-state index in [1.807, 2.05) is 40.9 Å². The Morgan fingerprint density at radius 1 is 1.09 bits per heavy atom. The largest absolute Gasteiger partial charge is 0.365 e. The van der Waals surface area contributed by atoms with Gasteiger partial charge in [-0.1, -0.05) is 53.5 Å². The average Bonchev–Trinajstić information content (AvgIpc) is 2.77. The van der Waals surface area contributed by atoms with Crippen molar-refractivity contribution in [3.05, 3.63) is 52.6 Å². The third-order valence-electron chi connectivity index (χ3n) is 3.18.